The molecule has 94 valence electrons. The van der Waals surface area contributed by atoms with Gasteiger partial charge in [-0.05, 0) is 6.92 Å². The molecule has 5 nitrogen and oxygen atoms in total. The maximum atomic E-state index is 11.4. The fourth-order valence-corrected chi connectivity index (χ4v) is 1.52. The van der Waals surface area contributed by atoms with Gasteiger partial charge < -0.3 is 9.30 Å². The van der Waals surface area contributed by atoms with Crippen molar-refractivity contribution in [2.75, 3.05) is 19.7 Å². The number of rotatable bonds is 7. The molecule has 0 unspecified atom stereocenters. The number of hydrogen-bond donors (Lipinski definition) is 0. The van der Waals surface area contributed by atoms with E-state index in [0.29, 0.717) is 19.7 Å². The van der Waals surface area contributed by atoms with E-state index in [1.807, 2.05) is 16.5 Å². The Morgan fingerprint density at radius 3 is 3.00 bits per heavy atom. The maximum Gasteiger partial charge on any atom is 0.320 e. The molecule has 17 heavy (non-hydrogen) atoms. The van der Waals surface area contributed by atoms with E-state index in [-0.39, 0.29) is 12.5 Å². The van der Waals surface area contributed by atoms with E-state index in [0.717, 1.165) is 5.69 Å². The van der Waals surface area contributed by atoms with Gasteiger partial charge in [-0.1, -0.05) is 6.08 Å². The van der Waals surface area contributed by atoms with Gasteiger partial charge in [0.15, 0.2) is 0 Å². The summed E-state index contributed by atoms with van der Waals surface area (Å²) in [5, 5.41) is 0. The smallest absolute Gasteiger partial charge is 0.320 e. The molecular formula is C12H19N3O2. The third-order valence-electron chi connectivity index (χ3n) is 2.35. The van der Waals surface area contributed by atoms with Crippen LogP contribution in [0.4, 0.5) is 0 Å². The van der Waals surface area contributed by atoms with Crippen molar-refractivity contribution in [2.24, 2.45) is 7.05 Å². The molecular weight excluding hydrogens is 218 g/mol. The first-order chi connectivity index (χ1) is 8.17. The SMILES string of the molecule is C=CCN(CC(=O)OCC)Cc1cncn1C. The molecule has 0 bridgehead atoms. The van der Waals surface area contributed by atoms with Crippen molar-refractivity contribution in [1.29, 1.82) is 0 Å². The fraction of sp³-hybridized carbons (Fsp3) is 0.500. The summed E-state index contributed by atoms with van der Waals surface area (Å²) in [7, 11) is 1.93. The lowest BCUT2D eigenvalue weighted by atomic mass is 10.3. The summed E-state index contributed by atoms with van der Waals surface area (Å²) in [4.78, 5) is 17.4. The van der Waals surface area contributed by atoms with Crippen LogP contribution in [0.15, 0.2) is 25.2 Å². The number of esters is 1. The lowest BCUT2D eigenvalue weighted by Crippen LogP contribution is -2.31. The molecule has 0 radical (unpaired) electrons. The van der Waals surface area contributed by atoms with Gasteiger partial charge in [0, 0.05) is 26.3 Å². The summed E-state index contributed by atoms with van der Waals surface area (Å²) in [6.45, 7) is 7.47. The zero-order valence-corrected chi connectivity index (χ0v) is 10.4. The molecule has 5 heteroatoms. The van der Waals surface area contributed by atoms with Crippen LogP contribution in [0.5, 0.6) is 0 Å². The van der Waals surface area contributed by atoms with Gasteiger partial charge in [-0.25, -0.2) is 4.98 Å². The number of carbonyl (C=O) groups excluding carboxylic acids is 1. The molecule has 0 saturated heterocycles. The second-order valence-corrected chi connectivity index (χ2v) is 3.76. The van der Waals surface area contributed by atoms with Crippen LogP contribution in [0, 0.1) is 0 Å². The molecule has 0 N–H and O–H groups in total. The van der Waals surface area contributed by atoms with Crippen molar-refractivity contribution in [3.05, 3.63) is 30.9 Å². The zero-order chi connectivity index (χ0) is 12.7. The Bertz CT molecular complexity index is 374. The molecule has 0 aliphatic rings. The van der Waals surface area contributed by atoms with E-state index < -0.39 is 0 Å². The monoisotopic (exact) mass is 237 g/mol. The normalized spacial score (nSPS) is 10.5. The molecule has 0 atom stereocenters. The molecule has 0 aromatic carbocycles. The minimum absolute atomic E-state index is 0.212. The lowest BCUT2D eigenvalue weighted by Gasteiger charge is -2.19. The zero-order valence-electron chi connectivity index (χ0n) is 10.4. The first kappa shape index (κ1) is 13.4. The molecule has 0 aliphatic carbocycles. The molecule has 0 spiro atoms. The van der Waals surface area contributed by atoms with Crippen LogP contribution in [0.2, 0.25) is 0 Å². The number of hydrogen-bond acceptors (Lipinski definition) is 4. The number of nitrogens with zero attached hydrogens (tertiary/aromatic N) is 3. The molecule has 0 saturated carbocycles. The summed E-state index contributed by atoms with van der Waals surface area (Å²) in [5.41, 5.74) is 1.05. The number of aryl methyl sites for hydroxylation is 1. The highest BCUT2D eigenvalue weighted by Gasteiger charge is 2.12. The summed E-state index contributed by atoms with van der Waals surface area (Å²) in [6, 6.07) is 0. The van der Waals surface area contributed by atoms with E-state index in [9.17, 15) is 4.79 Å². The van der Waals surface area contributed by atoms with E-state index in [4.69, 9.17) is 4.74 Å². The van der Waals surface area contributed by atoms with Gasteiger partial charge in [-0.15, -0.1) is 6.58 Å². The Kier molecular flexibility index (Phi) is 5.42. The van der Waals surface area contributed by atoms with Gasteiger partial charge in [-0.2, -0.15) is 0 Å². The van der Waals surface area contributed by atoms with Crippen LogP contribution in [-0.2, 0) is 23.1 Å². The summed E-state index contributed by atoms with van der Waals surface area (Å²) in [6.07, 6.45) is 5.31. The lowest BCUT2D eigenvalue weighted by molar-refractivity contribution is -0.144. The third kappa shape index (κ3) is 4.40. The second-order valence-electron chi connectivity index (χ2n) is 3.76. The molecule has 1 heterocycles. The largest absolute Gasteiger partial charge is 0.465 e. The second kappa shape index (κ2) is 6.85. The molecule has 1 aromatic rings. The molecule has 1 aromatic heterocycles. The summed E-state index contributed by atoms with van der Waals surface area (Å²) >= 11 is 0. The number of ether oxygens (including phenoxy) is 1. The predicted octanol–water partition coefficient (Wildman–Crippen LogP) is 0.971. The molecule has 0 aliphatic heterocycles. The first-order valence-corrected chi connectivity index (χ1v) is 5.61. The Morgan fingerprint density at radius 1 is 1.71 bits per heavy atom. The van der Waals surface area contributed by atoms with Crippen LogP contribution >= 0.6 is 0 Å². The van der Waals surface area contributed by atoms with Crippen molar-refractivity contribution in [2.45, 2.75) is 13.5 Å². The van der Waals surface area contributed by atoms with Crippen LogP contribution in [0.25, 0.3) is 0 Å². The van der Waals surface area contributed by atoms with Crippen LogP contribution in [0.3, 0.4) is 0 Å². The predicted molar refractivity (Wildman–Crippen MR) is 65.3 cm³/mol. The molecule has 0 fully saturated rings. The van der Waals surface area contributed by atoms with Gasteiger partial charge in [-0.3, -0.25) is 9.69 Å². The van der Waals surface area contributed by atoms with Crippen molar-refractivity contribution >= 4 is 5.97 Å². The van der Waals surface area contributed by atoms with Gasteiger partial charge >= 0.3 is 5.97 Å². The van der Waals surface area contributed by atoms with Crippen molar-refractivity contribution in [3.63, 3.8) is 0 Å². The van der Waals surface area contributed by atoms with Gasteiger partial charge in [0.05, 0.1) is 25.2 Å². The van der Waals surface area contributed by atoms with Crippen molar-refractivity contribution in [3.8, 4) is 0 Å². The average Bonchev–Trinajstić information content (AvgIpc) is 2.65. The minimum Gasteiger partial charge on any atom is -0.465 e. The van der Waals surface area contributed by atoms with Crippen molar-refractivity contribution < 1.29 is 9.53 Å². The van der Waals surface area contributed by atoms with E-state index in [1.54, 1.807) is 25.5 Å². The van der Waals surface area contributed by atoms with Crippen LogP contribution < -0.4 is 0 Å². The van der Waals surface area contributed by atoms with Crippen LogP contribution in [-0.4, -0.2) is 40.1 Å². The third-order valence-corrected chi connectivity index (χ3v) is 2.35. The maximum absolute atomic E-state index is 11.4. The highest BCUT2D eigenvalue weighted by Crippen LogP contribution is 2.03. The first-order valence-electron chi connectivity index (χ1n) is 5.61. The fourth-order valence-electron chi connectivity index (χ4n) is 1.52. The number of imidazole rings is 1. The van der Waals surface area contributed by atoms with Gasteiger partial charge in [0.1, 0.15) is 0 Å². The molecule has 0 amide bonds. The highest BCUT2D eigenvalue weighted by atomic mass is 16.5. The van der Waals surface area contributed by atoms with Crippen LogP contribution in [0.1, 0.15) is 12.6 Å². The summed E-state index contributed by atoms with van der Waals surface area (Å²) in [5.74, 6) is -0.212. The molecule has 1 rings (SSSR count). The van der Waals surface area contributed by atoms with E-state index >= 15 is 0 Å². The topological polar surface area (TPSA) is 47.4 Å². The number of carbonyl (C=O) groups is 1. The minimum atomic E-state index is -0.212. The Labute approximate surface area is 102 Å². The Balaban J connectivity index is 2.57. The van der Waals surface area contributed by atoms with E-state index in [1.165, 1.54) is 0 Å². The highest BCUT2D eigenvalue weighted by molar-refractivity contribution is 5.71. The Hall–Kier alpha value is -1.62. The summed E-state index contributed by atoms with van der Waals surface area (Å²) < 4.78 is 6.86. The van der Waals surface area contributed by atoms with Crippen molar-refractivity contribution in [1.82, 2.24) is 14.5 Å². The van der Waals surface area contributed by atoms with E-state index in [2.05, 4.69) is 11.6 Å². The number of aromatic nitrogens is 2. The van der Waals surface area contributed by atoms with Gasteiger partial charge in [0.25, 0.3) is 0 Å². The quantitative estimate of drug-likeness (QED) is 0.524. The standard InChI is InChI=1S/C12H19N3O2/c1-4-6-15(9-12(16)17-5-2)8-11-7-13-10-14(11)3/h4,7,10H,1,5-6,8-9H2,2-3H3. The van der Waals surface area contributed by atoms with Gasteiger partial charge in [0.2, 0.25) is 0 Å². The Morgan fingerprint density at radius 2 is 2.47 bits per heavy atom. The average molecular weight is 237 g/mol.